The van der Waals surface area contributed by atoms with E-state index >= 15 is 0 Å². The van der Waals surface area contributed by atoms with E-state index in [1.165, 1.54) is 0 Å². The fourth-order valence-corrected chi connectivity index (χ4v) is 3.41. The highest BCUT2D eigenvalue weighted by molar-refractivity contribution is 5.94. The van der Waals surface area contributed by atoms with Crippen LogP contribution in [0.4, 0.5) is 0 Å². The van der Waals surface area contributed by atoms with Crippen molar-refractivity contribution in [3.8, 4) is 0 Å². The number of carboxylic acid groups (broad SMARTS) is 2. The average molecular weight is 473 g/mol. The molecule has 0 saturated carbocycles. The molecule has 0 aliphatic carbocycles. The van der Waals surface area contributed by atoms with Gasteiger partial charge < -0.3 is 25.8 Å². The van der Waals surface area contributed by atoms with Gasteiger partial charge in [0.15, 0.2) is 6.04 Å². The zero-order valence-corrected chi connectivity index (χ0v) is 18.5. The lowest BCUT2D eigenvalue weighted by Crippen LogP contribution is -2.55. The molecule has 0 fully saturated rings. The Morgan fingerprint density at radius 1 is 1.09 bits per heavy atom. The van der Waals surface area contributed by atoms with Gasteiger partial charge in [0.2, 0.25) is 5.91 Å². The second-order valence-electron chi connectivity index (χ2n) is 7.64. The van der Waals surface area contributed by atoms with E-state index in [1.54, 1.807) is 12.3 Å². The van der Waals surface area contributed by atoms with E-state index in [1.807, 2.05) is 25.1 Å². The second kappa shape index (κ2) is 12.7. The van der Waals surface area contributed by atoms with Gasteiger partial charge in [0.05, 0.1) is 6.42 Å². The van der Waals surface area contributed by atoms with Gasteiger partial charge in [-0.3, -0.25) is 14.4 Å². The summed E-state index contributed by atoms with van der Waals surface area (Å²) in [6.45, 7) is 1.89. The highest BCUT2D eigenvalue weighted by atomic mass is 16.4. The molecular formula is C21H27N7O6. The largest absolute Gasteiger partial charge is 0.481 e. The van der Waals surface area contributed by atoms with Gasteiger partial charge in [-0.15, -0.1) is 5.53 Å². The second-order valence-corrected chi connectivity index (χ2v) is 7.64. The summed E-state index contributed by atoms with van der Waals surface area (Å²) in [5.41, 5.74) is 12.3. The Labute approximate surface area is 194 Å². The molecule has 2 rings (SSSR count). The minimum Gasteiger partial charge on any atom is -0.481 e. The van der Waals surface area contributed by atoms with E-state index in [4.69, 9.17) is 5.53 Å². The molecule has 182 valence electrons. The molecule has 1 aromatic heterocycles. The first kappa shape index (κ1) is 26.0. The van der Waals surface area contributed by atoms with Gasteiger partial charge in [0.1, 0.15) is 12.1 Å². The number of nitrogens with zero attached hydrogens (tertiary/aromatic N) is 3. The lowest BCUT2D eigenvalue weighted by molar-refractivity contribution is -0.143. The summed E-state index contributed by atoms with van der Waals surface area (Å²) in [6.07, 6.45) is 2.45. The number of benzene rings is 1. The summed E-state index contributed by atoms with van der Waals surface area (Å²) in [4.78, 5) is 54.1. The van der Waals surface area contributed by atoms with Gasteiger partial charge in [0.25, 0.3) is 5.91 Å². The van der Waals surface area contributed by atoms with E-state index in [2.05, 4.69) is 31.2 Å². The molecule has 13 nitrogen and oxygen atoms in total. The van der Waals surface area contributed by atoms with E-state index in [9.17, 15) is 29.4 Å². The Kier molecular flexibility index (Phi) is 9.72. The normalized spacial score (nSPS) is 13.2. The van der Waals surface area contributed by atoms with Crippen LogP contribution in [0.1, 0.15) is 38.2 Å². The minimum atomic E-state index is -1.54. The van der Waals surface area contributed by atoms with Gasteiger partial charge >= 0.3 is 11.9 Å². The molecule has 1 heterocycles. The summed E-state index contributed by atoms with van der Waals surface area (Å²) in [5, 5.41) is 27.4. The van der Waals surface area contributed by atoms with Crippen LogP contribution in [-0.2, 0) is 25.6 Å². The summed E-state index contributed by atoms with van der Waals surface area (Å²) in [5.74, 6) is -4.38. The highest BCUT2D eigenvalue weighted by Crippen LogP contribution is 2.19. The van der Waals surface area contributed by atoms with Crippen LogP contribution in [0.2, 0.25) is 0 Å². The number of rotatable bonds is 14. The van der Waals surface area contributed by atoms with Crippen LogP contribution in [0.25, 0.3) is 21.3 Å². The zero-order chi connectivity index (χ0) is 25.1. The smallest absolute Gasteiger partial charge is 0.326 e. The number of para-hydroxylation sites is 1. The monoisotopic (exact) mass is 473 g/mol. The minimum absolute atomic E-state index is 0.0591. The molecule has 2 amide bonds. The van der Waals surface area contributed by atoms with Gasteiger partial charge in [-0.05, 0) is 29.7 Å². The number of aromatic amines is 1. The third-order valence-electron chi connectivity index (χ3n) is 5.15. The lowest BCUT2D eigenvalue weighted by Gasteiger charge is -2.22. The number of azide groups is 1. The van der Waals surface area contributed by atoms with Crippen LogP contribution in [0.5, 0.6) is 0 Å². The maximum absolute atomic E-state index is 12.8. The summed E-state index contributed by atoms with van der Waals surface area (Å²) >= 11 is 0. The van der Waals surface area contributed by atoms with Crippen molar-refractivity contribution in [2.45, 2.75) is 57.2 Å². The van der Waals surface area contributed by atoms with Crippen LogP contribution in [0.3, 0.4) is 0 Å². The number of carboxylic acids is 2. The molecule has 0 aliphatic rings. The molecule has 0 unspecified atom stereocenters. The molecular weight excluding hydrogens is 446 g/mol. The molecule has 34 heavy (non-hydrogen) atoms. The maximum Gasteiger partial charge on any atom is 0.326 e. The topological polar surface area (TPSA) is 209 Å². The maximum atomic E-state index is 12.8. The molecule has 1 aromatic carbocycles. The van der Waals surface area contributed by atoms with Crippen molar-refractivity contribution < 1.29 is 29.4 Å². The van der Waals surface area contributed by atoms with E-state index < -0.39 is 48.3 Å². The van der Waals surface area contributed by atoms with Crippen molar-refractivity contribution in [3.05, 3.63) is 46.5 Å². The molecule has 3 atom stereocenters. The number of nitrogens with one attached hydrogen (secondary N) is 4. The Morgan fingerprint density at radius 3 is 2.41 bits per heavy atom. The van der Waals surface area contributed by atoms with Crippen LogP contribution in [0.15, 0.2) is 35.7 Å². The number of hydrogen-bond acceptors (Lipinski definition) is 5. The number of carbonyl (C=O) groups is 4. The van der Waals surface area contributed by atoms with Gasteiger partial charge in [-0.1, -0.05) is 31.5 Å². The van der Waals surface area contributed by atoms with Gasteiger partial charge in [-0.2, -0.15) is 4.91 Å². The fraction of sp³-hybridized carbons (Fsp3) is 0.429. The molecule has 13 heteroatoms. The number of unbranched alkanes of at least 4 members (excludes halogenated alkanes) is 1. The highest BCUT2D eigenvalue weighted by Gasteiger charge is 2.31. The van der Waals surface area contributed by atoms with E-state index in [-0.39, 0.29) is 12.8 Å². The summed E-state index contributed by atoms with van der Waals surface area (Å²) in [7, 11) is 0. The average Bonchev–Trinajstić information content (AvgIpc) is 3.20. The van der Waals surface area contributed by atoms with Crippen LogP contribution in [-0.4, -0.2) is 57.1 Å². The van der Waals surface area contributed by atoms with Crippen molar-refractivity contribution in [1.82, 2.24) is 21.0 Å². The van der Waals surface area contributed by atoms with Crippen LogP contribution < -0.4 is 16.1 Å². The number of H-pyrrole nitrogens is 1. The Morgan fingerprint density at radius 2 is 1.76 bits per heavy atom. The third-order valence-corrected chi connectivity index (χ3v) is 5.15. The number of carbonyl (C=O) groups excluding carboxylic acids is 2. The Bertz CT molecular complexity index is 1080. The van der Waals surface area contributed by atoms with E-state index in [0.717, 1.165) is 17.3 Å². The number of fused-ring (bicyclic) bond motifs is 1. The standard InChI is InChI=1S/C21H27N7O6/c1-2-3-7-15(26-28-27-22)19(31)24-16(10-18(29)30)20(32)25-17(21(33)34)9-12-11-23-14-8-5-4-6-13(12)14/h4-6,8,11,15-17,23,26H,2-3,7,9-10H2,1H3,(H,24,31)(H,25,32)(H,29,30)(H,33,34)/t15-,16-,17-/m0/s1. The first-order valence-corrected chi connectivity index (χ1v) is 10.7. The van der Waals surface area contributed by atoms with Crippen molar-refractivity contribution in [2.75, 3.05) is 0 Å². The van der Waals surface area contributed by atoms with Crippen molar-refractivity contribution in [3.63, 3.8) is 0 Å². The predicted octanol–water partition coefficient (Wildman–Crippen LogP) is 1.61. The predicted molar refractivity (Wildman–Crippen MR) is 121 cm³/mol. The van der Waals surface area contributed by atoms with Crippen LogP contribution >= 0.6 is 0 Å². The van der Waals surface area contributed by atoms with Crippen LogP contribution in [0, 0.1) is 0 Å². The molecule has 0 bridgehead atoms. The SMILES string of the molecule is CCCC[C@H](NN=[N+]=[N-])C(=O)N[C@@H](CC(=O)O)C(=O)N[C@@H](Cc1c[nH]c2ccccc12)C(=O)O. The third kappa shape index (κ3) is 7.41. The quantitative estimate of drug-likeness (QED) is 0.103. The van der Waals surface area contributed by atoms with E-state index in [0.29, 0.717) is 12.0 Å². The Balaban J connectivity index is 2.16. The number of amides is 2. The number of aliphatic carboxylic acids is 2. The lowest BCUT2D eigenvalue weighted by atomic mass is 10.0. The first-order chi connectivity index (χ1) is 16.3. The fourth-order valence-electron chi connectivity index (χ4n) is 3.41. The summed E-state index contributed by atoms with van der Waals surface area (Å²) < 4.78 is 0. The van der Waals surface area contributed by atoms with Crippen molar-refractivity contribution >= 4 is 34.7 Å². The molecule has 2 aromatic rings. The van der Waals surface area contributed by atoms with Crippen molar-refractivity contribution in [1.29, 1.82) is 0 Å². The Hall–Kier alpha value is -4.25. The molecule has 0 aliphatic heterocycles. The number of aromatic nitrogens is 1. The molecule has 0 radical (unpaired) electrons. The van der Waals surface area contributed by atoms with Gasteiger partial charge in [-0.25, -0.2) is 10.2 Å². The zero-order valence-electron chi connectivity index (χ0n) is 18.5. The summed E-state index contributed by atoms with van der Waals surface area (Å²) in [6, 6.07) is 3.37. The van der Waals surface area contributed by atoms with Crippen molar-refractivity contribution in [2.24, 2.45) is 5.22 Å². The molecule has 6 N–H and O–H groups in total. The van der Waals surface area contributed by atoms with Gasteiger partial charge in [0, 0.05) is 23.5 Å². The molecule has 0 spiro atoms. The molecule has 0 saturated heterocycles. The number of hydrogen-bond donors (Lipinski definition) is 6. The first-order valence-electron chi connectivity index (χ1n) is 10.7.